The highest BCUT2D eigenvalue weighted by Gasteiger charge is 2.24. The number of para-hydroxylation sites is 1. The first kappa shape index (κ1) is 23.3. The van der Waals surface area contributed by atoms with E-state index in [9.17, 15) is 9.59 Å². The number of carbonyl (C=O) groups excluding carboxylic acids is 2. The van der Waals surface area contributed by atoms with E-state index >= 15 is 0 Å². The monoisotopic (exact) mass is 431 g/mol. The number of amides is 3. The van der Waals surface area contributed by atoms with Gasteiger partial charge in [0.15, 0.2) is 0 Å². The highest BCUT2D eigenvalue weighted by atomic mass is 16.5. The number of rotatable bonds is 6. The van der Waals surface area contributed by atoms with E-state index in [4.69, 9.17) is 4.74 Å². The molecule has 2 saturated heterocycles. The van der Waals surface area contributed by atoms with Gasteiger partial charge in [-0.2, -0.15) is 0 Å². The summed E-state index contributed by atoms with van der Waals surface area (Å²) in [5, 5.41) is 9.09. The zero-order valence-electron chi connectivity index (χ0n) is 19.1. The number of hydrogen-bond acceptors (Lipinski definition) is 5. The highest BCUT2D eigenvalue weighted by molar-refractivity contribution is 5.99. The predicted octanol–water partition coefficient (Wildman–Crippen LogP) is 1.82. The molecule has 31 heavy (non-hydrogen) atoms. The number of carbonyl (C=O) groups is 2. The van der Waals surface area contributed by atoms with Gasteiger partial charge in [-0.15, -0.1) is 0 Å². The van der Waals surface area contributed by atoms with Crippen molar-refractivity contribution in [3.8, 4) is 0 Å². The van der Waals surface area contributed by atoms with Gasteiger partial charge in [0.1, 0.15) is 0 Å². The summed E-state index contributed by atoms with van der Waals surface area (Å²) in [6.07, 6.45) is 1.70. The Labute approximate surface area is 185 Å². The second kappa shape index (κ2) is 10.8. The number of piperidine rings is 1. The molecule has 3 N–H and O–H groups in total. The molecule has 0 spiro atoms. The zero-order valence-corrected chi connectivity index (χ0v) is 19.1. The molecule has 8 nitrogen and oxygen atoms in total. The first-order valence-electron chi connectivity index (χ1n) is 11.3. The molecule has 8 heteroatoms. The molecule has 3 rings (SSSR count). The van der Waals surface area contributed by atoms with Gasteiger partial charge >= 0.3 is 6.03 Å². The van der Waals surface area contributed by atoms with Crippen molar-refractivity contribution in [2.24, 2.45) is 0 Å². The number of morpholine rings is 1. The Bertz CT molecular complexity index is 735. The number of nitrogens with one attached hydrogen (secondary N) is 3. The van der Waals surface area contributed by atoms with Gasteiger partial charge in [-0.3, -0.25) is 9.69 Å². The normalized spacial score (nSPS) is 18.5. The van der Waals surface area contributed by atoms with Crippen LogP contribution < -0.4 is 20.9 Å². The summed E-state index contributed by atoms with van der Waals surface area (Å²) in [6.45, 7) is 12.4. The Kier molecular flexibility index (Phi) is 8.15. The fourth-order valence-corrected chi connectivity index (χ4v) is 4.02. The van der Waals surface area contributed by atoms with E-state index in [-0.39, 0.29) is 23.5 Å². The maximum absolute atomic E-state index is 12.8. The molecule has 0 aliphatic carbocycles. The maximum atomic E-state index is 12.8. The van der Waals surface area contributed by atoms with Crippen molar-refractivity contribution in [1.29, 1.82) is 0 Å². The lowest BCUT2D eigenvalue weighted by molar-refractivity contribution is 0.0383. The fraction of sp³-hybridized carbons (Fsp3) is 0.652. The zero-order chi connectivity index (χ0) is 22.3. The minimum Gasteiger partial charge on any atom is -0.379 e. The first-order chi connectivity index (χ1) is 14.8. The second-order valence-corrected chi connectivity index (χ2v) is 9.34. The van der Waals surface area contributed by atoms with Gasteiger partial charge < -0.3 is 25.6 Å². The van der Waals surface area contributed by atoms with Crippen LogP contribution in [-0.4, -0.2) is 80.9 Å². The smallest absolute Gasteiger partial charge is 0.315 e. The van der Waals surface area contributed by atoms with E-state index in [1.54, 1.807) is 0 Å². The summed E-state index contributed by atoms with van der Waals surface area (Å²) in [7, 11) is 0. The molecule has 0 bridgehead atoms. The van der Waals surface area contributed by atoms with E-state index in [0.717, 1.165) is 64.5 Å². The lowest BCUT2D eigenvalue weighted by atomic mass is 10.0. The van der Waals surface area contributed by atoms with Gasteiger partial charge in [0.2, 0.25) is 0 Å². The van der Waals surface area contributed by atoms with Gasteiger partial charge in [0.05, 0.1) is 18.8 Å². The molecule has 2 aliphatic heterocycles. The molecule has 1 aromatic rings. The third-order valence-electron chi connectivity index (χ3n) is 5.63. The number of hydrogen-bond donors (Lipinski definition) is 3. The number of nitrogens with zero attached hydrogens (tertiary/aromatic N) is 2. The van der Waals surface area contributed by atoms with Crippen molar-refractivity contribution in [3.63, 3.8) is 0 Å². The number of benzene rings is 1. The van der Waals surface area contributed by atoms with Gasteiger partial charge in [-0.05, 0) is 45.7 Å². The van der Waals surface area contributed by atoms with Crippen LogP contribution in [-0.2, 0) is 4.74 Å². The van der Waals surface area contributed by atoms with E-state index < -0.39 is 0 Å². The van der Waals surface area contributed by atoms with Crippen LogP contribution in [0.15, 0.2) is 24.3 Å². The van der Waals surface area contributed by atoms with Crippen LogP contribution in [0.5, 0.6) is 0 Å². The number of ether oxygens (including phenoxy) is 1. The summed E-state index contributed by atoms with van der Waals surface area (Å²) in [4.78, 5) is 29.5. The molecule has 0 aromatic heterocycles. The van der Waals surface area contributed by atoms with Crippen molar-refractivity contribution in [1.82, 2.24) is 20.9 Å². The lowest BCUT2D eigenvalue weighted by Gasteiger charge is -2.35. The Hall–Kier alpha value is -2.32. The Morgan fingerprint density at radius 3 is 2.42 bits per heavy atom. The minimum atomic E-state index is -0.251. The molecular formula is C23H37N5O3. The van der Waals surface area contributed by atoms with E-state index in [0.29, 0.717) is 12.1 Å². The van der Waals surface area contributed by atoms with Crippen molar-refractivity contribution in [2.75, 3.05) is 57.4 Å². The molecule has 1 aromatic carbocycles. The lowest BCUT2D eigenvalue weighted by Crippen LogP contribution is -2.52. The quantitative estimate of drug-likeness (QED) is 0.640. The van der Waals surface area contributed by atoms with Crippen LogP contribution in [0.1, 0.15) is 44.0 Å². The summed E-state index contributed by atoms with van der Waals surface area (Å²) >= 11 is 0. The van der Waals surface area contributed by atoms with Crippen LogP contribution >= 0.6 is 0 Å². The largest absolute Gasteiger partial charge is 0.379 e. The van der Waals surface area contributed by atoms with Gasteiger partial charge in [0.25, 0.3) is 5.91 Å². The maximum Gasteiger partial charge on any atom is 0.315 e. The van der Waals surface area contributed by atoms with Gasteiger partial charge in [-0.25, -0.2) is 4.79 Å². The number of anilines is 1. The van der Waals surface area contributed by atoms with Crippen molar-refractivity contribution in [3.05, 3.63) is 29.8 Å². The second-order valence-electron chi connectivity index (χ2n) is 9.34. The molecule has 2 fully saturated rings. The summed E-state index contributed by atoms with van der Waals surface area (Å²) in [5.74, 6) is -0.0336. The van der Waals surface area contributed by atoms with Gasteiger partial charge in [0, 0.05) is 56.5 Å². The van der Waals surface area contributed by atoms with Crippen LogP contribution in [0.3, 0.4) is 0 Å². The van der Waals surface area contributed by atoms with Crippen LogP contribution in [0.2, 0.25) is 0 Å². The van der Waals surface area contributed by atoms with Gasteiger partial charge in [-0.1, -0.05) is 12.1 Å². The molecule has 2 heterocycles. The van der Waals surface area contributed by atoms with E-state index in [1.165, 1.54) is 0 Å². The molecular weight excluding hydrogens is 394 g/mol. The van der Waals surface area contributed by atoms with Crippen LogP contribution in [0.25, 0.3) is 0 Å². The average molecular weight is 432 g/mol. The SMILES string of the molecule is CC(C)(C)NC(=O)NC1CCN(c2ccccc2C(=O)NCCN2CCOCC2)CC1. The minimum absolute atomic E-state index is 0.0336. The van der Waals surface area contributed by atoms with Crippen molar-refractivity contribution < 1.29 is 14.3 Å². The fourth-order valence-electron chi connectivity index (χ4n) is 4.02. The summed E-state index contributed by atoms with van der Waals surface area (Å²) in [6, 6.07) is 7.81. The standard InChI is InChI=1S/C23H37N5O3/c1-23(2,3)26-22(30)25-18-8-11-28(12-9-18)20-7-5-4-6-19(20)21(29)24-10-13-27-14-16-31-17-15-27/h4-7,18H,8-17H2,1-3H3,(H,24,29)(H2,25,26,30). The third-order valence-corrected chi connectivity index (χ3v) is 5.63. The molecule has 0 saturated carbocycles. The predicted molar refractivity (Wildman–Crippen MR) is 123 cm³/mol. The van der Waals surface area contributed by atoms with Crippen molar-refractivity contribution >= 4 is 17.6 Å². The highest BCUT2D eigenvalue weighted by Crippen LogP contribution is 2.24. The molecule has 3 amide bonds. The van der Waals surface area contributed by atoms with Crippen LogP contribution in [0.4, 0.5) is 10.5 Å². The molecule has 2 aliphatic rings. The topological polar surface area (TPSA) is 85.9 Å². The Balaban J connectivity index is 1.49. The summed E-state index contributed by atoms with van der Waals surface area (Å²) in [5.41, 5.74) is 1.42. The average Bonchev–Trinajstić information content (AvgIpc) is 2.73. The third kappa shape index (κ3) is 7.40. The number of urea groups is 1. The van der Waals surface area contributed by atoms with E-state index in [1.807, 2.05) is 45.0 Å². The molecule has 172 valence electrons. The Morgan fingerprint density at radius 1 is 1.06 bits per heavy atom. The molecule has 0 unspecified atom stereocenters. The van der Waals surface area contributed by atoms with Crippen LogP contribution in [0, 0.1) is 0 Å². The molecule has 0 atom stereocenters. The van der Waals surface area contributed by atoms with Crippen molar-refractivity contribution in [2.45, 2.75) is 45.2 Å². The first-order valence-corrected chi connectivity index (χ1v) is 11.3. The summed E-state index contributed by atoms with van der Waals surface area (Å²) < 4.78 is 5.37. The van der Waals surface area contributed by atoms with E-state index in [2.05, 4.69) is 25.8 Å². The molecule has 0 radical (unpaired) electrons. The Morgan fingerprint density at radius 2 is 1.74 bits per heavy atom.